The predicted molar refractivity (Wildman–Crippen MR) is 121 cm³/mol. The van der Waals surface area contributed by atoms with E-state index in [4.69, 9.17) is 4.74 Å². The number of carbonyl (C=O) groups is 2. The van der Waals surface area contributed by atoms with Gasteiger partial charge in [0, 0.05) is 12.2 Å². The van der Waals surface area contributed by atoms with Crippen LogP contribution in [0.25, 0.3) is 0 Å². The van der Waals surface area contributed by atoms with Crippen molar-refractivity contribution in [2.45, 2.75) is 58.3 Å². The largest absolute Gasteiger partial charge is 0.482 e. The van der Waals surface area contributed by atoms with Crippen LogP contribution in [0.5, 0.6) is 5.75 Å². The number of benzene rings is 1. The van der Waals surface area contributed by atoms with Crippen LogP contribution in [0.3, 0.4) is 0 Å². The Kier molecular flexibility index (Phi) is 6.47. The van der Waals surface area contributed by atoms with E-state index in [2.05, 4.69) is 34.4 Å². The number of aromatic nitrogens is 2. The molecule has 3 N–H and O–H groups in total. The summed E-state index contributed by atoms with van der Waals surface area (Å²) in [4.78, 5) is 43.4. The van der Waals surface area contributed by atoms with Crippen LogP contribution in [0, 0.1) is 6.92 Å². The van der Waals surface area contributed by atoms with E-state index in [0.717, 1.165) is 17.7 Å². The number of hydrogen-bond acceptors (Lipinski definition) is 6. The van der Waals surface area contributed by atoms with Crippen LogP contribution in [0.2, 0.25) is 18.1 Å². The lowest BCUT2D eigenvalue weighted by Crippen LogP contribution is -2.39. The molecule has 2 amide bonds. The van der Waals surface area contributed by atoms with Crippen molar-refractivity contribution >= 4 is 25.8 Å². The van der Waals surface area contributed by atoms with Crippen molar-refractivity contribution in [1.82, 2.24) is 15.3 Å². The van der Waals surface area contributed by atoms with Crippen molar-refractivity contribution < 1.29 is 19.1 Å². The Balaban J connectivity index is 1.65. The molecule has 0 radical (unpaired) electrons. The molecule has 1 aliphatic rings. The second-order valence-corrected chi connectivity index (χ2v) is 13.6. The highest BCUT2D eigenvalue weighted by molar-refractivity contribution is 6.72. The van der Waals surface area contributed by atoms with Crippen LogP contribution in [0.15, 0.2) is 24.3 Å². The summed E-state index contributed by atoms with van der Waals surface area (Å²) in [7, 11) is -2.31. The van der Waals surface area contributed by atoms with Crippen LogP contribution < -0.4 is 15.4 Å². The molecule has 0 saturated heterocycles. The number of hydrogen-bond donors (Lipinski definition) is 3. The fourth-order valence-electron chi connectivity index (χ4n) is 3.13. The van der Waals surface area contributed by atoms with Crippen molar-refractivity contribution in [3.63, 3.8) is 0 Å². The molecule has 2 heterocycles. The minimum Gasteiger partial charge on any atom is -0.482 e. The number of aryl methyl sites for hydroxylation is 2. The van der Waals surface area contributed by atoms with Crippen molar-refractivity contribution in [2.75, 3.05) is 11.9 Å². The zero-order chi connectivity index (χ0) is 22.8. The molecule has 31 heavy (non-hydrogen) atoms. The molecule has 1 aromatic heterocycles. The molecule has 8 nitrogen and oxygen atoms in total. The molecule has 1 aromatic carbocycles. The molecule has 0 unspecified atom stereocenters. The average Bonchev–Trinajstić information content (AvgIpc) is 2.69. The Bertz CT molecular complexity index is 1000. The highest BCUT2D eigenvalue weighted by atomic mass is 28.4. The van der Waals surface area contributed by atoms with Crippen molar-refractivity contribution in [3.05, 3.63) is 47.0 Å². The van der Waals surface area contributed by atoms with Gasteiger partial charge >= 0.3 is 0 Å². The summed E-state index contributed by atoms with van der Waals surface area (Å²) in [6.45, 7) is 10.1. The quantitative estimate of drug-likeness (QED) is 0.568. The molecule has 0 atom stereocenters. The molecule has 166 valence electrons. The van der Waals surface area contributed by atoms with Gasteiger partial charge in [-0.15, -0.1) is 0 Å². The van der Waals surface area contributed by atoms with Crippen molar-refractivity contribution in [2.24, 2.45) is 0 Å². The fraction of sp³-hybridized carbons (Fsp3) is 0.455. The number of nitrogens with one attached hydrogen (secondary N) is 2. The van der Waals surface area contributed by atoms with Gasteiger partial charge in [-0.25, -0.2) is 9.97 Å². The summed E-state index contributed by atoms with van der Waals surface area (Å²) in [5.41, 5.74) is 2.54. The Morgan fingerprint density at radius 3 is 2.74 bits per heavy atom. The monoisotopic (exact) mass is 442 g/mol. The summed E-state index contributed by atoms with van der Waals surface area (Å²) >= 11 is 0. The van der Waals surface area contributed by atoms with Crippen LogP contribution in [0.4, 0.5) is 5.69 Å². The second kappa shape index (κ2) is 8.76. The van der Waals surface area contributed by atoms with E-state index in [1.165, 1.54) is 0 Å². The number of anilines is 1. The SMILES string of the molecule is Cc1nc(CCC(C)(C)[Si](C)(C)O)cc(C(=O)NCc2ccc3c(c2)NC(=O)CO3)n1. The normalized spacial score (nSPS) is 13.8. The van der Waals surface area contributed by atoms with E-state index < -0.39 is 8.32 Å². The third-order valence-electron chi connectivity index (χ3n) is 5.92. The Morgan fingerprint density at radius 1 is 1.29 bits per heavy atom. The highest BCUT2D eigenvalue weighted by Crippen LogP contribution is 2.39. The zero-order valence-electron chi connectivity index (χ0n) is 18.7. The maximum absolute atomic E-state index is 12.7. The van der Waals surface area contributed by atoms with Gasteiger partial charge in [0.1, 0.15) is 17.3 Å². The molecule has 9 heteroatoms. The lowest BCUT2D eigenvalue weighted by atomic mass is 10.0. The summed E-state index contributed by atoms with van der Waals surface area (Å²) in [5.74, 6) is 0.659. The van der Waals surface area contributed by atoms with E-state index in [1.807, 2.05) is 19.2 Å². The van der Waals surface area contributed by atoms with Gasteiger partial charge in [-0.1, -0.05) is 19.9 Å². The number of rotatable bonds is 7. The molecular formula is C22H30N4O4Si. The van der Waals surface area contributed by atoms with Gasteiger partial charge in [0.25, 0.3) is 11.8 Å². The van der Waals surface area contributed by atoms with Gasteiger partial charge in [-0.05, 0) is 61.7 Å². The van der Waals surface area contributed by atoms with Gasteiger partial charge in [-0.2, -0.15) is 0 Å². The number of nitrogens with zero attached hydrogens (tertiary/aromatic N) is 2. The second-order valence-electron chi connectivity index (χ2n) is 9.08. The third-order valence-corrected chi connectivity index (χ3v) is 9.48. The first kappa shape index (κ1) is 22.9. The minimum atomic E-state index is -2.31. The van der Waals surface area contributed by atoms with Crippen LogP contribution in [-0.4, -0.2) is 41.5 Å². The number of carbonyl (C=O) groups excluding carboxylic acids is 2. The average molecular weight is 443 g/mol. The number of ether oxygens (including phenoxy) is 1. The topological polar surface area (TPSA) is 113 Å². The molecule has 0 aliphatic carbocycles. The van der Waals surface area contributed by atoms with Crippen molar-refractivity contribution in [3.8, 4) is 5.75 Å². The molecule has 2 aromatic rings. The summed E-state index contributed by atoms with van der Waals surface area (Å²) < 4.78 is 5.35. The fourth-order valence-corrected chi connectivity index (χ4v) is 3.87. The van der Waals surface area contributed by atoms with E-state index in [0.29, 0.717) is 29.4 Å². The molecule has 0 fully saturated rings. The van der Waals surface area contributed by atoms with E-state index in [9.17, 15) is 14.4 Å². The first-order valence-electron chi connectivity index (χ1n) is 10.4. The molecule has 0 bridgehead atoms. The van der Waals surface area contributed by atoms with E-state index in [1.54, 1.807) is 25.1 Å². The maximum atomic E-state index is 12.7. The van der Waals surface area contributed by atoms with Gasteiger partial charge in [-0.3, -0.25) is 9.59 Å². The first-order valence-corrected chi connectivity index (χ1v) is 13.3. The van der Waals surface area contributed by atoms with Gasteiger partial charge < -0.3 is 20.2 Å². The zero-order valence-corrected chi connectivity index (χ0v) is 19.7. The van der Waals surface area contributed by atoms with Gasteiger partial charge in [0.05, 0.1) is 5.69 Å². The molecule has 0 saturated carbocycles. The van der Waals surface area contributed by atoms with Crippen LogP contribution >= 0.6 is 0 Å². The third kappa shape index (κ3) is 5.68. The Labute approximate surface area is 183 Å². The maximum Gasteiger partial charge on any atom is 0.270 e. The lowest BCUT2D eigenvalue weighted by molar-refractivity contribution is -0.118. The van der Waals surface area contributed by atoms with Gasteiger partial charge in [0.15, 0.2) is 14.9 Å². The highest BCUT2D eigenvalue weighted by Gasteiger charge is 2.37. The van der Waals surface area contributed by atoms with E-state index in [-0.39, 0.29) is 30.0 Å². The Morgan fingerprint density at radius 2 is 2.03 bits per heavy atom. The Hall–Kier alpha value is -2.78. The van der Waals surface area contributed by atoms with Crippen LogP contribution in [-0.2, 0) is 17.8 Å². The van der Waals surface area contributed by atoms with Crippen molar-refractivity contribution in [1.29, 1.82) is 0 Å². The molecule has 1 aliphatic heterocycles. The van der Waals surface area contributed by atoms with Gasteiger partial charge in [0.2, 0.25) is 0 Å². The summed E-state index contributed by atoms with van der Waals surface area (Å²) in [6, 6.07) is 7.12. The summed E-state index contributed by atoms with van der Waals surface area (Å²) in [5, 5.41) is 5.46. The van der Waals surface area contributed by atoms with E-state index >= 15 is 0 Å². The predicted octanol–water partition coefficient (Wildman–Crippen LogP) is 2.96. The standard InChI is InChI=1S/C22H30N4O4Si/c1-14-24-16(8-9-22(2,3)31(4,5)29)11-18(25-14)21(28)23-12-15-6-7-19-17(10-15)26-20(27)13-30-19/h6-7,10-11,29H,8-9,12-13H2,1-5H3,(H,23,28)(H,26,27). The summed E-state index contributed by atoms with van der Waals surface area (Å²) in [6.07, 6.45) is 1.45. The smallest absolute Gasteiger partial charge is 0.270 e. The first-order chi connectivity index (χ1) is 14.4. The van der Waals surface area contributed by atoms with Crippen LogP contribution in [0.1, 0.15) is 47.8 Å². The number of fused-ring (bicyclic) bond motifs is 1. The lowest BCUT2D eigenvalue weighted by Gasteiger charge is -2.35. The minimum absolute atomic E-state index is 0.00759. The molecule has 3 rings (SSSR count). The number of amides is 2. The molecular weight excluding hydrogens is 412 g/mol. The molecule has 0 spiro atoms.